The van der Waals surface area contributed by atoms with Crippen LogP contribution in [0.2, 0.25) is 10.0 Å². The van der Waals surface area contributed by atoms with Gasteiger partial charge in [-0.2, -0.15) is 0 Å². The maximum absolute atomic E-state index is 13.0. The summed E-state index contributed by atoms with van der Waals surface area (Å²) in [4.78, 5) is 44.7. The number of hydrogen-bond acceptors (Lipinski definition) is 7. The van der Waals surface area contributed by atoms with Gasteiger partial charge in [-0.25, -0.2) is 9.78 Å². The monoisotopic (exact) mass is 662 g/mol. The van der Waals surface area contributed by atoms with Crippen molar-refractivity contribution in [2.24, 2.45) is 0 Å². The summed E-state index contributed by atoms with van der Waals surface area (Å²) in [5, 5.41) is 13.2. The molecule has 238 valence electrons. The summed E-state index contributed by atoms with van der Waals surface area (Å²) in [7, 11) is 1.55. The van der Waals surface area contributed by atoms with Crippen molar-refractivity contribution in [3.05, 3.63) is 99.2 Å². The molecule has 0 spiro atoms. The number of aryl methyl sites for hydroxylation is 1. The zero-order chi connectivity index (χ0) is 32.8. The largest absolute Gasteiger partial charge is 0.487 e. The average molecular weight is 664 g/mol. The number of carbonyl (C=O) groups is 3. The van der Waals surface area contributed by atoms with Crippen LogP contribution in [0.15, 0.2) is 66.7 Å². The summed E-state index contributed by atoms with van der Waals surface area (Å²) >= 11 is 13.3. The van der Waals surface area contributed by atoms with E-state index in [9.17, 15) is 14.4 Å². The van der Waals surface area contributed by atoms with Crippen molar-refractivity contribution in [3.8, 4) is 5.75 Å². The van der Waals surface area contributed by atoms with E-state index in [1.807, 2.05) is 25.1 Å². The number of hydrogen-bond donors (Lipinski definition) is 2. The lowest BCUT2D eigenvalue weighted by Crippen LogP contribution is -2.37. The van der Waals surface area contributed by atoms with Crippen LogP contribution < -0.4 is 19.9 Å². The molecule has 2 amide bonds. The van der Waals surface area contributed by atoms with Crippen LogP contribution in [0.3, 0.4) is 0 Å². The van der Waals surface area contributed by atoms with Crippen molar-refractivity contribution < 1.29 is 29.0 Å². The Labute approximate surface area is 276 Å². The van der Waals surface area contributed by atoms with Crippen molar-refractivity contribution in [1.29, 1.82) is 0 Å². The van der Waals surface area contributed by atoms with Gasteiger partial charge in [-0.15, -0.1) is 0 Å². The summed E-state index contributed by atoms with van der Waals surface area (Å²) < 4.78 is 11.8. The Morgan fingerprint density at radius 2 is 1.83 bits per heavy atom. The number of ether oxygens (including phenoxy) is 2. The second-order valence-corrected chi connectivity index (χ2v) is 11.4. The van der Waals surface area contributed by atoms with Gasteiger partial charge in [0.05, 0.1) is 36.0 Å². The van der Waals surface area contributed by atoms with E-state index in [4.69, 9.17) is 42.8 Å². The smallest absolute Gasteiger partial charge is 0.335 e. The fraction of sp³-hybridized carbons (Fsp3) is 0.235. The summed E-state index contributed by atoms with van der Waals surface area (Å²) in [6, 6.07) is 17.2. The second-order valence-electron chi connectivity index (χ2n) is 10.6. The van der Waals surface area contributed by atoms with Gasteiger partial charge in [-0.1, -0.05) is 47.5 Å². The number of benzene rings is 3. The fourth-order valence-electron chi connectivity index (χ4n) is 5.02. The number of amides is 2. The van der Waals surface area contributed by atoms with E-state index in [0.29, 0.717) is 40.8 Å². The normalized spacial score (nSPS) is 13.2. The van der Waals surface area contributed by atoms with Gasteiger partial charge in [0.15, 0.2) is 0 Å². The maximum Gasteiger partial charge on any atom is 0.335 e. The highest BCUT2D eigenvalue weighted by Gasteiger charge is 2.21. The molecular weight excluding hydrogens is 631 g/mol. The number of anilines is 2. The number of morpholine rings is 1. The number of likely N-dealkylation sites (N-methyl/N-ethyl adjacent to an activating group) is 1. The predicted molar refractivity (Wildman–Crippen MR) is 179 cm³/mol. The Morgan fingerprint density at radius 1 is 1.09 bits per heavy atom. The number of pyridine rings is 1. The first-order valence-corrected chi connectivity index (χ1v) is 15.3. The first-order valence-electron chi connectivity index (χ1n) is 14.5. The number of nitrogens with zero attached hydrogens (tertiary/aromatic N) is 3. The number of aromatic nitrogens is 1. The minimum atomic E-state index is -1.04. The van der Waals surface area contributed by atoms with Gasteiger partial charge in [0.1, 0.15) is 17.9 Å². The number of para-hydroxylation sites is 1. The minimum absolute atomic E-state index is 0.0319. The lowest BCUT2D eigenvalue weighted by Gasteiger charge is -2.30. The number of carbonyl (C=O) groups excluding carboxylic acids is 2. The van der Waals surface area contributed by atoms with E-state index in [1.54, 1.807) is 31.3 Å². The minimum Gasteiger partial charge on any atom is -0.487 e. The van der Waals surface area contributed by atoms with Crippen LogP contribution in [0.4, 0.5) is 11.4 Å². The Morgan fingerprint density at radius 3 is 2.54 bits per heavy atom. The molecule has 1 aliphatic heterocycles. The molecule has 46 heavy (non-hydrogen) atoms. The summed E-state index contributed by atoms with van der Waals surface area (Å²) in [5.74, 6) is -1.36. The number of carboxylic acids is 1. The predicted octanol–water partition coefficient (Wildman–Crippen LogP) is 5.76. The van der Waals surface area contributed by atoms with Crippen LogP contribution in [0, 0.1) is 6.92 Å². The number of aromatic carboxylic acids is 1. The van der Waals surface area contributed by atoms with Crippen molar-refractivity contribution in [2.45, 2.75) is 13.5 Å². The van der Waals surface area contributed by atoms with Gasteiger partial charge in [0.25, 0.3) is 0 Å². The molecule has 2 heterocycles. The third-order valence-corrected chi connectivity index (χ3v) is 8.31. The third kappa shape index (κ3) is 7.59. The summed E-state index contributed by atoms with van der Waals surface area (Å²) in [6.45, 7) is 4.61. The lowest BCUT2D eigenvalue weighted by atomic mass is 10.1. The molecule has 0 bridgehead atoms. The molecule has 10 nitrogen and oxygen atoms in total. The van der Waals surface area contributed by atoms with Gasteiger partial charge in [0, 0.05) is 53.6 Å². The molecule has 3 aromatic carbocycles. The zero-order valence-electron chi connectivity index (χ0n) is 25.3. The SMILES string of the molecule is Cc1cc(N2CCOCC2)c2cccc(OCc3c(Cl)ccc(N(C)C(=O)CNC(=O)C=Cc4ccc(C(=O)O)cc4)c3Cl)c2n1. The molecule has 1 fully saturated rings. The average Bonchev–Trinajstić information content (AvgIpc) is 3.06. The van der Waals surface area contributed by atoms with Crippen molar-refractivity contribution in [3.63, 3.8) is 0 Å². The van der Waals surface area contributed by atoms with E-state index >= 15 is 0 Å². The molecule has 1 aromatic heterocycles. The number of carboxylic acid groups (broad SMARTS) is 1. The maximum atomic E-state index is 13.0. The van der Waals surface area contributed by atoms with Gasteiger partial charge in [-0.05, 0) is 55.0 Å². The molecule has 12 heteroatoms. The standard InChI is InChI=1S/C34H32Cl2N4O6/c1-21-18-28(40-14-16-45-17-15-40)24-4-3-5-29(33(24)38-21)46-20-25-26(35)11-12-27(32(25)36)39(2)31(42)19-37-30(41)13-8-22-6-9-23(10-7-22)34(43)44/h3-13,18H,14-17,19-20H2,1-2H3,(H,37,41)(H,43,44). The van der Waals surface area contributed by atoms with E-state index in [1.165, 1.54) is 29.2 Å². The Bertz CT molecular complexity index is 1810. The highest BCUT2D eigenvalue weighted by atomic mass is 35.5. The zero-order valence-corrected chi connectivity index (χ0v) is 26.8. The van der Waals surface area contributed by atoms with Gasteiger partial charge >= 0.3 is 5.97 Å². The first kappa shape index (κ1) is 32.7. The van der Waals surface area contributed by atoms with Crippen LogP contribution in [-0.2, 0) is 20.9 Å². The molecule has 2 N–H and O–H groups in total. The molecule has 4 aromatic rings. The van der Waals surface area contributed by atoms with Crippen LogP contribution in [0.25, 0.3) is 17.0 Å². The second kappa shape index (κ2) is 14.6. The van der Waals surface area contributed by atoms with Crippen LogP contribution in [0.1, 0.15) is 27.2 Å². The Balaban J connectivity index is 1.26. The van der Waals surface area contributed by atoms with Crippen molar-refractivity contribution in [1.82, 2.24) is 10.3 Å². The van der Waals surface area contributed by atoms with E-state index in [0.717, 1.165) is 35.4 Å². The molecule has 5 rings (SSSR count). The van der Waals surface area contributed by atoms with E-state index in [-0.39, 0.29) is 23.7 Å². The Kier molecular flexibility index (Phi) is 10.4. The highest BCUT2D eigenvalue weighted by Crippen LogP contribution is 2.37. The summed E-state index contributed by atoms with van der Waals surface area (Å²) in [6.07, 6.45) is 2.79. The quantitative estimate of drug-likeness (QED) is 0.206. The number of halogens is 2. The molecule has 0 aliphatic carbocycles. The van der Waals surface area contributed by atoms with E-state index < -0.39 is 17.8 Å². The van der Waals surface area contributed by atoms with Crippen molar-refractivity contribution in [2.75, 3.05) is 49.7 Å². The molecule has 0 radical (unpaired) electrons. The molecule has 0 unspecified atom stereocenters. The fourth-order valence-corrected chi connectivity index (χ4v) is 5.63. The molecular formula is C34H32Cl2N4O6. The third-order valence-electron chi connectivity index (χ3n) is 7.53. The Hall–Kier alpha value is -4.64. The van der Waals surface area contributed by atoms with Gasteiger partial charge in [0.2, 0.25) is 11.8 Å². The van der Waals surface area contributed by atoms with Crippen molar-refractivity contribution >= 4 is 69.3 Å². The van der Waals surface area contributed by atoms with Crippen LogP contribution in [-0.4, -0.2) is 67.8 Å². The number of nitrogens with one attached hydrogen (secondary N) is 1. The lowest BCUT2D eigenvalue weighted by molar-refractivity contribution is -0.122. The molecule has 1 saturated heterocycles. The summed E-state index contributed by atoms with van der Waals surface area (Å²) in [5.41, 5.74) is 4.34. The molecule has 1 aliphatic rings. The van der Waals surface area contributed by atoms with Crippen LogP contribution >= 0.6 is 23.2 Å². The van der Waals surface area contributed by atoms with Gasteiger partial charge in [-0.3, -0.25) is 9.59 Å². The number of rotatable bonds is 10. The highest BCUT2D eigenvalue weighted by molar-refractivity contribution is 6.38. The van der Waals surface area contributed by atoms with Gasteiger partial charge < -0.3 is 29.7 Å². The molecule has 0 saturated carbocycles. The topological polar surface area (TPSA) is 121 Å². The van der Waals surface area contributed by atoms with E-state index in [2.05, 4.69) is 16.3 Å². The number of fused-ring (bicyclic) bond motifs is 1. The molecule has 0 atom stereocenters. The first-order chi connectivity index (χ1) is 22.1. The van der Waals surface area contributed by atoms with Crippen LogP contribution in [0.5, 0.6) is 5.75 Å².